The van der Waals surface area contributed by atoms with E-state index < -0.39 is 0 Å². The molecule has 7 saturated carbocycles. The number of rotatable bonds is 28. The zero-order valence-electron chi connectivity index (χ0n) is 74.4. The molecule has 111 heavy (non-hydrogen) atoms. The summed E-state index contributed by atoms with van der Waals surface area (Å²) in [6.45, 7) is 64.9. The minimum absolute atomic E-state index is 0.0768. The van der Waals surface area contributed by atoms with Crippen LogP contribution in [0.1, 0.15) is 362 Å². The largest absolute Gasteiger partial charge is 0.463 e. The Balaban J connectivity index is 0.000000649. The number of carbonyl (C=O) groups excluding carboxylic acids is 7. The van der Waals surface area contributed by atoms with Crippen LogP contribution < -0.4 is 0 Å². The molecule has 0 saturated heterocycles. The minimum Gasteiger partial charge on any atom is -0.463 e. The third kappa shape index (κ3) is 52.6. The lowest BCUT2D eigenvalue weighted by Gasteiger charge is -2.38. The Labute approximate surface area is 679 Å². The maximum absolute atomic E-state index is 11.4. The molecule has 0 bridgehead atoms. The first-order valence-corrected chi connectivity index (χ1v) is 43.8. The summed E-state index contributed by atoms with van der Waals surface area (Å²) in [5.74, 6) is 6.50. The SMILES string of the molecule is C=C(C)C(=O)OC1CC(C)CC(C)(C)C1.C=C(C)C(=O)OC1CCCCCCC1.C=C(C)C(=O)OCC(C)(C)CC1CCC(C)CC1.C=C(C)C(=O)OCCCCC1CCC(C)CC1.C=CC(=O)OC1CC(C)CC(C)(C)C1.C=CC(=O)OCC(C)(C)CC1CCC(C)CC1.C=CC(=O)OCCCCC1CCC(C)CC1. The van der Waals surface area contributed by atoms with E-state index in [2.05, 4.69) is 143 Å². The van der Waals surface area contributed by atoms with Gasteiger partial charge in [-0.05, 0) is 211 Å². The van der Waals surface area contributed by atoms with Gasteiger partial charge in [-0.15, -0.1) is 0 Å². The fourth-order valence-corrected chi connectivity index (χ4v) is 17.2. The van der Waals surface area contributed by atoms with Crippen molar-refractivity contribution in [1.82, 2.24) is 0 Å². The van der Waals surface area contributed by atoms with Crippen molar-refractivity contribution in [3.63, 3.8) is 0 Å². The first-order valence-electron chi connectivity index (χ1n) is 43.8. The van der Waals surface area contributed by atoms with Crippen LogP contribution in [0.15, 0.2) is 86.6 Å². The average molecular weight is 1560 g/mol. The molecular weight excluding hydrogens is 1390 g/mol. The van der Waals surface area contributed by atoms with Crippen LogP contribution in [0.25, 0.3) is 0 Å². The minimum atomic E-state index is -0.310. The van der Waals surface area contributed by atoms with Crippen LogP contribution in [-0.2, 0) is 66.7 Å². The average Bonchev–Trinajstić information content (AvgIpc) is 0.848. The second kappa shape index (κ2) is 55.9. The predicted octanol–water partition coefficient (Wildman–Crippen LogP) is 25.6. The molecule has 0 aromatic rings. The van der Waals surface area contributed by atoms with Crippen LogP contribution in [0.3, 0.4) is 0 Å². The van der Waals surface area contributed by atoms with Gasteiger partial charge in [0.15, 0.2) is 0 Å². The van der Waals surface area contributed by atoms with E-state index in [0.717, 1.165) is 112 Å². The van der Waals surface area contributed by atoms with Gasteiger partial charge in [-0.3, -0.25) is 0 Å². The van der Waals surface area contributed by atoms with E-state index >= 15 is 0 Å². The molecule has 7 aliphatic carbocycles. The Morgan fingerprint density at radius 1 is 0.342 bits per heavy atom. The molecule has 7 rings (SSSR count). The van der Waals surface area contributed by atoms with Crippen LogP contribution in [0.5, 0.6) is 0 Å². The number of unbranched alkanes of at least 4 members (excludes halogenated alkanes) is 2. The first kappa shape index (κ1) is 103. The molecule has 4 unspecified atom stereocenters. The third-order valence-corrected chi connectivity index (χ3v) is 23.4. The van der Waals surface area contributed by atoms with Gasteiger partial charge in [-0.1, -0.05) is 278 Å². The van der Waals surface area contributed by atoms with Gasteiger partial charge >= 0.3 is 41.8 Å². The van der Waals surface area contributed by atoms with Gasteiger partial charge in [-0.2, -0.15) is 0 Å². The molecule has 14 nitrogen and oxygen atoms in total. The highest BCUT2D eigenvalue weighted by molar-refractivity contribution is 5.88. The summed E-state index contributed by atoms with van der Waals surface area (Å²) in [6.07, 6.45) is 49.9. The van der Waals surface area contributed by atoms with Crippen LogP contribution in [0, 0.1) is 80.8 Å². The summed E-state index contributed by atoms with van der Waals surface area (Å²) in [5, 5.41) is 0. The van der Waals surface area contributed by atoms with Gasteiger partial charge in [-0.25, -0.2) is 33.6 Å². The monoisotopic (exact) mass is 1560 g/mol. The molecule has 638 valence electrons. The van der Waals surface area contributed by atoms with E-state index in [4.69, 9.17) is 33.2 Å². The maximum atomic E-state index is 11.4. The second-order valence-electron chi connectivity index (χ2n) is 38.7. The Morgan fingerprint density at radius 3 is 1.00 bits per heavy atom. The van der Waals surface area contributed by atoms with E-state index in [-0.39, 0.29) is 76.3 Å². The van der Waals surface area contributed by atoms with Crippen molar-refractivity contribution in [3.05, 3.63) is 86.6 Å². The van der Waals surface area contributed by atoms with Crippen molar-refractivity contribution in [3.8, 4) is 0 Å². The van der Waals surface area contributed by atoms with Crippen molar-refractivity contribution in [2.75, 3.05) is 26.4 Å². The molecule has 0 aromatic heterocycles. The van der Waals surface area contributed by atoms with Gasteiger partial charge in [0.25, 0.3) is 0 Å². The normalized spacial score (nSPS) is 25.6. The smallest absolute Gasteiger partial charge is 0.333 e. The van der Waals surface area contributed by atoms with Crippen LogP contribution >= 0.6 is 0 Å². The Kier molecular flexibility index (Phi) is 52.1. The molecule has 0 aromatic carbocycles. The van der Waals surface area contributed by atoms with Crippen LogP contribution in [0.4, 0.5) is 0 Å². The van der Waals surface area contributed by atoms with Crippen molar-refractivity contribution >= 4 is 41.8 Å². The number of ether oxygens (including phenoxy) is 7. The highest BCUT2D eigenvalue weighted by Gasteiger charge is 2.36. The Hall–Kier alpha value is -5.53. The predicted molar refractivity (Wildman–Crippen MR) is 458 cm³/mol. The standard InChI is InChI=1S/C16H28O2.2C15H26O2.C14H24O2.C13H22O2.2C12H20O2/c1-12(2)15(17)18-11-16(4,5)10-14-8-6-13(3)7-9-14;1-12(2)15(16)17-11-5-4-6-14-9-7-13(3)8-10-14;1-5-14(16)17-11-15(3,4)10-13-8-6-12(2)7-9-13;1-3-14(15)16-11-5-4-6-13-9-7-12(2)8-10-13;1-9(2)12(14)15-11-6-10(3)7-13(4,5)8-11;1-5-11(13)14-10-6-9(2)7-12(3,4)8-10;1-10(2)12(13)14-11-8-6-4-3-5-7-9-11/h13-14H,1,6-11H2,2-5H3;13-14H,1,4-11H2,2-3H3;5,12-13H,1,6-11H2,2-4H3;3,12-13H,1,4-11H2,2H3;10-11H,1,6-8H2,2-5H3;5,9-10H,1,6-8H2,2-4H3;11H,1,3-9H2,2H3. The van der Waals surface area contributed by atoms with Crippen LogP contribution in [0.2, 0.25) is 0 Å². The molecule has 0 amide bonds. The van der Waals surface area contributed by atoms with Crippen molar-refractivity contribution in [1.29, 1.82) is 0 Å². The molecule has 0 spiro atoms. The summed E-state index contributed by atoms with van der Waals surface area (Å²) in [6, 6.07) is 0. The maximum Gasteiger partial charge on any atom is 0.333 e. The van der Waals surface area contributed by atoms with Gasteiger partial charge < -0.3 is 33.2 Å². The molecule has 0 N–H and O–H groups in total. The van der Waals surface area contributed by atoms with Gasteiger partial charge in [0, 0.05) is 40.5 Å². The molecular formula is C97H166O14. The summed E-state index contributed by atoms with van der Waals surface area (Å²) < 4.78 is 36.5. The van der Waals surface area contributed by atoms with Crippen molar-refractivity contribution in [2.45, 2.75) is 381 Å². The molecule has 4 atom stereocenters. The number of esters is 7. The van der Waals surface area contributed by atoms with E-state index in [0.29, 0.717) is 66.0 Å². The van der Waals surface area contributed by atoms with Gasteiger partial charge in [0.2, 0.25) is 0 Å². The summed E-state index contributed by atoms with van der Waals surface area (Å²) in [7, 11) is 0. The molecule has 0 radical (unpaired) electrons. The molecule has 0 aliphatic heterocycles. The zero-order valence-corrected chi connectivity index (χ0v) is 74.4. The topological polar surface area (TPSA) is 184 Å². The van der Waals surface area contributed by atoms with E-state index in [1.165, 1.54) is 192 Å². The third-order valence-electron chi connectivity index (χ3n) is 23.4. The van der Waals surface area contributed by atoms with Crippen molar-refractivity contribution in [2.24, 2.45) is 80.8 Å². The van der Waals surface area contributed by atoms with Crippen molar-refractivity contribution < 1.29 is 66.7 Å². The quantitative estimate of drug-likeness (QED) is 0.0312. The fraction of sp³-hybridized carbons (Fsp3) is 0.784. The van der Waals surface area contributed by atoms with E-state index in [9.17, 15) is 33.6 Å². The molecule has 0 heterocycles. The lowest BCUT2D eigenvalue weighted by atomic mass is 9.71. The Morgan fingerprint density at radius 2 is 0.649 bits per heavy atom. The number of carbonyl (C=O) groups is 7. The summed E-state index contributed by atoms with van der Waals surface area (Å²) in [4.78, 5) is 78.1. The van der Waals surface area contributed by atoms with Gasteiger partial charge in [0.05, 0.1) is 26.4 Å². The fourth-order valence-electron chi connectivity index (χ4n) is 17.2. The number of hydrogen-bond acceptors (Lipinski definition) is 14. The Bertz CT molecular complexity index is 2760. The highest BCUT2D eigenvalue weighted by Crippen LogP contribution is 2.43. The second-order valence-corrected chi connectivity index (χ2v) is 38.7. The summed E-state index contributed by atoms with van der Waals surface area (Å²) in [5.41, 5.74) is 2.73. The van der Waals surface area contributed by atoms with Gasteiger partial charge in [0.1, 0.15) is 18.3 Å². The molecule has 14 heteroatoms. The number of hydrogen-bond donors (Lipinski definition) is 0. The van der Waals surface area contributed by atoms with E-state index in [1.807, 2.05) is 0 Å². The first-order chi connectivity index (χ1) is 52.0. The molecule has 7 fully saturated rings. The summed E-state index contributed by atoms with van der Waals surface area (Å²) >= 11 is 0. The molecule has 7 aliphatic rings. The highest BCUT2D eigenvalue weighted by atomic mass is 16.6. The van der Waals surface area contributed by atoms with Crippen LogP contribution in [-0.4, -0.2) is 86.5 Å². The lowest BCUT2D eigenvalue weighted by molar-refractivity contribution is -0.149. The zero-order chi connectivity index (χ0) is 83.9. The van der Waals surface area contributed by atoms with E-state index in [1.54, 1.807) is 27.7 Å². The lowest BCUT2D eigenvalue weighted by Crippen LogP contribution is -2.34.